The van der Waals surface area contributed by atoms with E-state index in [4.69, 9.17) is 0 Å². The van der Waals surface area contributed by atoms with Gasteiger partial charge in [0.05, 0.1) is 0 Å². The summed E-state index contributed by atoms with van der Waals surface area (Å²) in [7, 11) is 0. The topological polar surface area (TPSA) is 12.0 Å². The number of rotatable bonds is 7. The van der Waals surface area contributed by atoms with E-state index in [-0.39, 0.29) is 0 Å². The Morgan fingerprint density at radius 1 is 1.20 bits per heavy atom. The molecule has 20 heavy (non-hydrogen) atoms. The molecule has 0 fully saturated rings. The Labute approximate surface area is 134 Å². The van der Waals surface area contributed by atoms with Crippen LogP contribution in [-0.2, 0) is 6.42 Å². The molecule has 1 N–H and O–H groups in total. The number of benzene rings is 1. The van der Waals surface area contributed by atoms with Gasteiger partial charge in [0, 0.05) is 16.9 Å². The lowest BCUT2D eigenvalue weighted by molar-refractivity contribution is 0.514. The standard InChI is InChI=1S/C17H22BrNS/c1-13(2)10-19-11-16(8-14-6-7-20-12-14)15-4-3-5-17(18)9-15/h3-7,9,12-13,16,19H,8,10-11H2,1-2H3. The molecule has 0 spiro atoms. The molecule has 0 saturated carbocycles. The van der Waals surface area contributed by atoms with Crippen molar-refractivity contribution in [2.45, 2.75) is 26.2 Å². The van der Waals surface area contributed by atoms with Crippen LogP contribution in [0.3, 0.4) is 0 Å². The minimum atomic E-state index is 0.529. The van der Waals surface area contributed by atoms with Crippen molar-refractivity contribution in [3.63, 3.8) is 0 Å². The molecule has 1 atom stereocenters. The number of halogens is 1. The van der Waals surface area contributed by atoms with Gasteiger partial charge in [0.15, 0.2) is 0 Å². The van der Waals surface area contributed by atoms with Crippen molar-refractivity contribution < 1.29 is 0 Å². The second-order valence-corrected chi connectivity index (χ2v) is 7.34. The smallest absolute Gasteiger partial charge is 0.0178 e. The molecule has 1 aromatic carbocycles. The van der Waals surface area contributed by atoms with Crippen LogP contribution in [0.2, 0.25) is 0 Å². The average Bonchev–Trinajstić information content (AvgIpc) is 2.90. The SMILES string of the molecule is CC(C)CNCC(Cc1ccsc1)c1cccc(Br)c1. The van der Waals surface area contributed by atoms with Gasteiger partial charge in [-0.3, -0.25) is 0 Å². The molecule has 0 radical (unpaired) electrons. The quantitative estimate of drug-likeness (QED) is 0.733. The fourth-order valence-electron chi connectivity index (χ4n) is 2.31. The molecule has 1 nitrogen and oxygen atoms in total. The van der Waals surface area contributed by atoms with Gasteiger partial charge in [0.2, 0.25) is 0 Å². The summed E-state index contributed by atoms with van der Waals surface area (Å²) in [6.07, 6.45) is 1.10. The van der Waals surface area contributed by atoms with E-state index in [0.717, 1.165) is 24.0 Å². The zero-order valence-electron chi connectivity index (χ0n) is 12.1. The molecule has 0 bridgehead atoms. The first kappa shape index (κ1) is 15.7. The monoisotopic (exact) mass is 351 g/mol. The van der Waals surface area contributed by atoms with Gasteiger partial charge in [-0.1, -0.05) is 41.9 Å². The zero-order chi connectivity index (χ0) is 14.4. The largest absolute Gasteiger partial charge is 0.316 e. The lowest BCUT2D eigenvalue weighted by Gasteiger charge is -2.19. The molecule has 1 unspecified atom stereocenters. The summed E-state index contributed by atoms with van der Waals surface area (Å²) < 4.78 is 1.16. The van der Waals surface area contributed by atoms with Crippen molar-refractivity contribution in [3.8, 4) is 0 Å². The number of thiophene rings is 1. The van der Waals surface area contributed by atoms with Crippen molar-refractivity contribution >= 4 is 27.3 Å². The van der Waals surface area contributed by atoms with Crippen LogP contribution in [0.5, 0.6) is 0 Å². The number of hydrogen-bond acceptors (Lipinski definition) is 2. The van der Waals surface area contributed by atoms with Gasteiger partial charge < -0.3 is 5.32 Å². The maximum atomic E-state index is 3.60. The first-order valence-electron chi connectivity index (χ1n) is 7.12. The van der Waals surface area contributed by atoms with Gasteiger partial charge in [-0.25, -0.2) is 0 Å². The predicted octanol–water partition coefficient (Wildman–Crippen LogP) is 5.08. The minimum Gasteiger partial charge on any atom is -0.316 e. The molecule has 1 heterocycles. The highest BCUT2D eigenvalue weighted by molar-refractivity contribution is 9.10. The van der Waals surface area contributed by atoms with Crippen molar-refractivity contribution in [2.24, 2.45) is 5.92 Å². The average molecular weight is 352 g/mol. The normalized spacial score (nSPS) is 12.8. The molecular formula is C17H22BrNS. The second-order valence-electron chi connectivity index (χ2n) is 5.64. The molecule has 2 rings (SSSR count). The number of nitrogens with one attached hydrogen (secondary N) is 1. The summed E-state index contributed by atoms with van der Waals surface area (Å²) in [4.78, 5) is 0. The van der Waals surface area contributed by atoms with Gasteiger partial charge in [0.25, 0.3) is 0 Å². The molecule has 2 aromatic rings. The summed E-state index contributed by atoms with van der Waals surface area (Å²) >= 11 is 5.36. The van der Waals surface area contributed by atoms with Crippen LogP contribution in [0.4, 0.5) is 0 Å². The van der Waals surface area contributed by atoms with Crippen LogP contribution in [0.15, 0.2) is 45.6 Å². The summed E-state index contributed by atoms with van der Waals surface area (Å²) in [6.45, 7) is 6.61. The van der Waals surface area contributed by atoms with Gasteiger partial charge in [0.1, 0.15) is 0 Å². The third kappa shape index (κ3) is 5.04. The summed E-state index contributed by atoms with van der Waals surface area (Å²) in [5, 5.41) is 8.02. The highest BCUT2D eigenvalue weighted by atomic mass is 79.9. The maximum absolute atomic E-state index is 3.60. The molecule has 0 aliphatic carbocycles. The first-order valence-corrected chi connectivity index (χ1v) is 8.86. The minimum absolute atomic E-state index is 0.529. The fraction of sp³-hybridized carbons (Fsp3) is 0.412. The van der Waals surface area contributed by atoms with E-state index in [2.05, 4.69) is 76.2 Å². The maximum Gasteiger partial charge on any atom is 0.0178 e. The molecule has 1 aromatic heterocycles. The van der Waals surface area contributed by atoms with Crippen molar-refractivity contribution in [1.82, 2.24) is 5.32 Å². The highest BCUT2D eigenvalue weighted by Gasteiger charge is 2.13. The molecule has 0 aliphatic heterocycles. The molecule has 3 heteroatoms. The van der Waals surface area contributed by atoms with Crippen molar-refractivity contribution in [1.29, 1.82) is 0 Å². The third-order valence-electron chi connectivity index (χ3n) is 3.33. The Morgan fingerprint density at radius 3 is 2.70 bits per heavy atom. The predicted molar refractivity (Wildman–Crippen MR) is 92.6 cm³/mol. The van der Waals surface area contributed by atoms with Crippen LogP contribution in [0, 0.1) is 5.92 Å². The van der Waals surface area contributed by atoms with Crippen molar-refractivity contribution in [3.05, 3.63) is 56.7 Å². The Kier molecular flexibility index (Phi) is 6.27. The second kappa shape index (κ2) is 7.96. The Morgan fingerprint density at radius 2 is 2.05 bits per heavy atom. The molecule has 0 saturated heterocycles. The van der Waals surface area contributed by atoms with Gasteiger partial charge in [-0.15, -0.1) is 0 Å². The molecule has 0 aliphatic rings. The highest BCUT2D eigenvalue weighted by Crippen LogP contribution is 2.24. The lowest BCUT2D eigenvalue weighted by atomic mass is 9.93. The first-order chi connectivity index (χ1) is 9.65. The van der Waals surface area contributed by atoms with Gasteiger partial charge in [-0.2, -0.15) is 11.3 Å². The summed E-state index contributed by atoms with van der Waals surface area (Å²) in [5.74, 6) is 1.22. The molecule has 0 amide bonds. The van der Waals surface area contributed by atoms with E-state index >= 15 is 0 Å². The third-order valence-corrected chi connectivity index (χ3v) is 4.55. The Hall–Kier alpha value is -0.640. The number of hydrogen-bond donors (Lipinski definition) is 1. The van der Waals surface area contributed by atoms with E-state index in [0.29, 0.717) is 11.8 Å². The van der Waals surface area contributed by atoms with Crippen LogP contribution in [0.25, 0.3) is 0 Å². The Bertz CT molecular complexity index is 507. The van der Waals surface area contributed by atoms with Crippen LogP contribution < -0.4 is 5.32 Å². The van der Waals surface area contributed by atoms with E-state index in [1.165, 1.54) is 11.1 Å². The molecule has 108 valence electrons. The van der Waals surface area contributed by atoms with Crippen molar-refractivity contribution in [2.75, 3.05) is 13.1 Å². The zero-order valence-corrected chi connectivity index (χ0v) is 14.5. The van der Waals surface area contributed by atoms with E-state index in [1.54, 1.807) is 11.3 Å². The van der Waals surface area contributed by atoms with Gasteiger partial charge >= 0.3 is 0 Å². The molecular weight excluding hydrogens is 330 g/mol. The van der Waals surface area contributed by atoms with E-state index < -0.39 is 0 Å². The van der Waals surface area contributed by atoms with Crippen LogP contribution >= 0.6 is 27.3 Å². The lowest BCUT2D eigenvalue weighted by Crippen LogP contribution is -2.26. The van der Waals surface area contributed by atoms with Crippen LogP contribution in [0.1, 0.15) is 30.9 Å². The summed E-state index contributed by atoms with van der Waals surface area (Å²) in [6, 6.07) is 10.9. The van der Waals surface area contributed by atoms with E-state index in [9.17, 15) is 0 Å². The summed E-state index contributed by atoms with van der Waals surface area (Å²) in [5.41, 5.74) is 2.84. The fourth-order valence-corrected chi connectivity index (χ4v) is 3.41. The van der Waals surface area contributed by atoms with Gasteiger partial charge in [-0.05, 0) is 59.0 Å². The van der Waals surface area contributed by atoms with Crippen LogP contribution in [-0.4, -0.2) is 13.1 Å². The van der Waals surface area contributed by atoms with E-state index in [1.807, 2.05) is 0 Å². The Balaban J connectivity index is 2.06.